The Morgan fingerprint density at radius 1 is 1.33 bits per heavy atom. The zero-order valence-electron chi connectivity index (χ0n) is 13.9. The monoisotopic (exact) mass is 480 g/mol. The van der Waals surface area contributed by atoms with Gasteiger partial charge in [-0.25, -0.2) is 4.98 Å². The Kier molecular flexibility index (Phi) is 9.38. The van der Waals surface area contributed by atoms with Crippen LogP contribution in [0.1, 0.15) is 16.8 Å². The van der Waals surface area contributed by atoms with Crippen LogP contribution in [0.25, 0.3) is 0 Å². The van der Waals surface area contributed by atoms with E-state index in [-0.39, 0.29) is 30.1 Å². The van der Waals surface area contributed by atoms with E-state index in [4.69, 9.17) is 16.3 Å². The number of halogens is 2. The third kappa shape index (κ3) is 7.23. The molecule has 0 spiro atoms. The van der Waals surface area contributed by atoms with Gasteiger partial charge in [0.2, 0.25) is 0 Å². The first kappa shape index (κ1) is 21.0. The first-order valence-electron chi connectivity index (χ1n) is 7.35. The van der Waals surface area contributed by atoms with Crippen molar-refractivity contribution < 1.29 is 4.74 Å². The summed E-state index contributed by atoms with van der Waals surface area (Å²) in [4.78, 5) is 9.62. The summed E-state index contributed by atoms with van der Waals surface area (Å²) in [5.74, 6) is 1.54. The van der Waals surface area contributed by atoms with Crippen molar-refractivity contribution in [3.8, 4) is 5.75 Å². The lowest BCUT2D eigenvalue weighted by atomic mass is 10.3. The molecule has 5 nitrogen and oxygen atoms in total. The van der Waals surface area contributed by atoms with Crippen LogP contribution in [0, 0.1) is 6.92 Å². The lowest BCUT2D eigenvalue weighted by Crippen LogP contribution is -2.41. The second-order valence-electron chi connectivity index (χ2n) is 5.03. The molecule has 0 radical (unpaired) electrons. The fraction of sp³-hybridized carbons (Fsp3) is 0.375. The normalized spacial score (nSPS) is 12.2. The first-order chi connectivity index (χ1) is 11.1. The number of hydrogen-bond acceptors (Lipinski definition) is 4. The van der Waals surface area contributed by atoms with E-state index in [9.17, 15) is 0 Å². The highest BCUT2D eigenvalue weighted by molar-refractivity contribution is 14.0. The molecule has 1 heterocycles. The molecule has 0 aliphatic rings. The first-order valence-corrected chi connectivity index (χ1v) is 8.54. The second kappa shape index (κ2) is 10.7. The van der Waals surface area contributed by atoms with E-state index in [0.717, 1.165) is 16.7 Å². The van der Waals surface area contributed by atoms with Crippen LogP contribution < -0.4 is 15.4 Å². The number of aromatic nitrogens is 1. The van der Waals surface area contributed by atoms with Crippen LogP contribution in [-0.2, 0) is 6.54 Å². The van der Waals surface area contributed by atoms with Gasteiger partial charge in [-0.15, -0.1) is 35.3 Å². The molecular weight excluding hydrogens is 459 g/mol. The van der Waals surface area contributed by atoms with E-state index >= 15 is 0 Å². The van der Waals surface area contributed by atoms with E-state index in [1.807, 2.05) is 44.3 Å². The smallest absolute Gasteiger partial charge is 0.191 e. The van der Waals surface area contributed by atoms with Gasteiger partial charge in [0.05, 0.1) is 18.1 Å². The van der Waals surface area contributed by atoms with Crippen LogP contribution in [0.2, 0.25) is 5.02 Å². The lowest BCUT2D eigenvalue weighted by Gasteiger charge is -2.17. The number of guanidine groups is 1. The van der Waals surface area contributed by atoms with Gasteiger partial charge in [-0.2, -0.15) is 0 Å². The molecule has 1 aromatic carbocycles. The number of nitrogens with one attached hydrogen (secondary N) is 2. The summed E-state index contributed by atoms with van der Waals surface area (Å²) in [6.07, 6.45) is 1.88. The Bertz CT molecular complexity index is 648. The lowest BCUT2D eigenvalue weighted by molar-refractivity contribution is 0.224. The SMILES string of the molecule is CN=C(NCc1cnc(C)s1)NCC(C)Oc1ccc(Cl)cc1.I. The molecule has 0 amide bonds. The highest BCUT2D eigenvalue weighted by Crippen LogP contribution is 2.16. The van der Waals surface area contributed by atoms with E-state index in [1.54, 1.807) is 18.4 Å². The van der Waals surface area contributed by atoms with Gasteiger partial charge in [0.15, 0.2) is 5.96 Å². The van der Waals surface area contributed by atoms with Crippen LogP contribution in [0.4, 0.5) is 0 Å². The molecular formula is C16H22ClIN4OS. The molecule has 24 heavy (non-hydrogen) atoms. The van der Waals surface area contributed by atoms with Gasteiger partial charge >= 0.3 is 0 Å². The Labute approximate surface area is 168 Å². The summed E-state index contributed by atoms with van der Waals surface area (Å²) in [5, 5.41) is 8.28. The molecule has 0 aliphatic heterocycles. The maximum Gasteiger partial charge on any atom is 0.191 e. The maximum absolute atomic E-state index is 5.86. The molecule has 0 saturated carbocycles. The molecule has 2 aromatic rings. The van der Waals surface area contributed by atoms with E-state index < -0.39 is 0 Å². The Morgan fingerprint density at radius 2 is 2.04 bits per heavy atom. The third-order valence-electron chi connectivity index (χ3n) is 3.03. The number of aliphatic imine (C=N–C) groups is 1. The molecule has 0 aliphatic carbocycles. The number of nitrogens with zero attached hydrogens (tertiary/aromatic N) is 2. The van der Waals surface area contributed by atoms with Crippen LogP contribution >= 0.6 is 46.9 Å². The van der Waals surface area contributed by atoms with Gasteiger partial charge in [-0.05, 0) is 38.1 Å². The van der Waals surface area contributed by atoms with Gasteiger partial charge in [0.1, 0.15) is 11.9 Å². The predicted molar refractivity (Wildman–Crippen MR) is 112 cm³/mol. The van der Waals surface area contributed by atoms with Crippen molar-refractivity contribution in [2.24, 2.45) is 4.99 Å². The molecule has 2 N–H and O–H groups in total. The van der Waals surface area contributed by atoms with Crippen molar-refractivity contribution in [2.45, 2.75) is 26.5 Å². The van der Waals surface area contributed by atoms with Crippen molar-refractivity contribution in [1.82, 2.24) is 15.6 Å². The maximum atomic E-state index is 5.86. The summed E-state index contributed by atoms with van der Waals surface area (Å²) in [6, 6.07) is 7.35. The number of rotatable bonds is 6. The van der Waals surface area contributed by atoms with Gasteiger partial charge < -0.3 is 15.4 Å². The van der Waals surface area contributed by atoms with Crippen molar-refractivity contribution in [3.63, 3.8) is 0 Å². The topological polar surface area (TPSA) is 58.5 Å². The molecule has 8 heteroatoms. The molecule has 0 saturated heterocycles. The minimum absolute atomic E-state index is 0. The van der Waals surface area contributed by atoms with Gasteiger partial charge in [0.25, 0.3) is 0 Å². The zero-order chi connectivity index (χ0) is 16.7. The molecule has 0 bridgehead atoms. The summed E-state index contributed by atoms with van der Waals surface area (Å²) >= 11 is 7.54. The highest BCUT2D eigenvalue weighted by atomic mass is 127. The van der Waals surface area contributed by atoms with E-state index in [0.29, 0.717) is 18.1 Å². The molecule has 1 aromatic heterocycles. The largest absolute Gasteiger partial charge is 0.489 e. The Hall–Kier alpha value is -1.06. The minimum atomic E-state index is 0. The number of hydrogen-bond donors (Lipinski definition) is 2. The summed E-state index contributed by atoms with van der Waals surface area (Å²) in [5.41, 5.74) is 0. The van der Waals surface area contributed by atoms with Crippen molar-refractivity contribution >= 4 is 52.9 Å². The standard InChI is InChI=1S/C16H21ClN4OS.HI/c1-11(22-14-6-4-13(17)5-7-14)8-20-16(18-3)21-10-15-9-19-12(2)23-15;/h4-7,9,11H,8,10H2,1-3H3,(H2,18,20,21);1H. The quantitative estimate of drug-likeness (QED) is 0.375. The van der Waals surface area contributed by atoms with Crippen LogP contribution in [0.5, 0.6) is 5.75 Å². The highest BCUT2D eigenvalue weighted by Gasteiger charge is 2.06. The van der Waals surface area contributed by atoms with Gasteiger partial charge in [0, 0.05) is 23.1 Å². The number of ether oxygens (including phenoxy) is 1. The van der Waals surface area contributed by atoms with Gasteiger partial charge in [-0.1, -0.05) is 11.6 Å². The average molecular weight is 481 g/mol. The van der Waals surface area contributed by atoms with Gasteiger partial charge in [-0.3, -0.25) is 4.99 Å². The number of aryl methyl sites for hydroxylation is 1. The van der Waals surface area contributed by atoms with Crippen LogP contribution in [0.15, 0.2) is 35.5 Å². The van der Waals surface area contributed by atoms with Crippen molar-refractivity contribution in [1.29, 1.82) is 0 Å². The zero-order valence-corrected chi connectivity index (χ0v) is 17.8. The Morgan fingerprint density at radius 3 is 2.62 bits per heavy atom. The fourth-order valence-corrected chi connectivity index (χ4v) is 2.77. The number of thiazole rings is 1. The number of benzene rings is 1. The summed E-state index contributed by atoms with van der Waals surface area (Å²) in [7, 11) is 1.75. The van der Waals surface area contributed by atoms with Crippen molar-refractivity contribution in [2.75, 3.05) is 13.6 Å². The predicted octanol–water partition coefficient (Wildman–Crippen LogP) is 3.86. The van der Waals surface area contributed by atoms with E-state index in [1.165, 1.54) is 4.88 Å². The minimum Gasteiger partial charge on any atom is -0.489 e. The average Bonchev–Trinajstić information content (AvgIpc) is 2.95. The molecule has 0 fully saturated rings. The Balaban J connectivity index is 0.00000288. The van der Waals surface area contributed by atoms with Crippen molar-refractivity contribution in [3.05, 3.63) is 45.4 Å². The fourth-order valence-electron chi connectivity index (χ4n) is 1.91. The van der Waals surface area contributed by atoms with Crippen LogP contribution in [0.3, 0.4) is 0 Å². The summed E-state index contributed by atoms with van der Waals surface area (Å²) < 4.78 is 5.82. The molecule has 132 valence electrons. The molecule has 1 atom stereocenters. The third-order valence-corrected chi connectivity index (χ3v) is 4.20. The summed E-state index contributed by atoms with van der Waals surface area (Å²) in [6.45, 7) is 5.35. The second-order valence-corrected chi connectivity index (χ2v) is 6.79. The molecule has 1 unspecified atom stereocenters. The molecule has 2 rings (SSSR count). The van der Waals surface area contributed by atoms with E-state index in [2.05, 4.69) is 20.6 Å². The van der Waals surface area contributed by atoms with Crippen LogP contribution in [-0.4, -0.2) is 30.6 Å².